The van der Waals surface area contributed by atoms with Gasteiger partial charge in [0, 0.05) is 5.75 Å². The molecule has 0 aromatic heterocycles. The molecule has 4 heteroatoms. The number of nitrogens with two attached hydrogens (primary N) is 1. The van der Waals surface area contributed by atoms with Crippen molar-refractivity contribution in [2.45, 2.75) is 38.2 Å². The zero-order valence-corrected chi connectivity index (χ0v) is 8.65. The number of thioether (sulfide) groups is 1. The lowest BCUT2D eigenvalue weighted by molar-refractivity contribution is 0.166. The number of rotatable bonds is 4. The lowest BCUT2D eigenvalue weighted by atomic mass is 10.0. The quantitative estimate of drug-likeness (QED) is 0.478. The highest BCUT2D eigenvalue weighted by Crippen LogP contribution is 2.29. The third kappa shape index (κ3) is 4.52. The van der Waals surface area contributed by atoms with Crippen molar-refractivity contribution in [2.24, 2.45) is 11.7 Å². The molecular weight excluding hydrogens is 184 g/mol. The molecule has 0 aromatic rings. The Morgan fingerprint density at radius 3 is 2.69 bits per heavy atom. The molecule has 4 N–H and O–H groups in total. The van der Waals surface area contributed by atoms with Gasteiger partial charge in [0.2, 0.25) is 0 Å². The van der Waals surface area contributed by atoms with Crippen LogP contribution in [-0.2, 0) is 0 Å². The smallest absolute Gasteiger partial charge is 0.151 e. The molecule has 1 unspecified atom stereocenters. The average molecular weight is 202 g/mol. The molecule has 0 aliphatic heterocycles. The van der Waals surface area contributed by atoms with Crippen molar-refractivity contribution >= 4 is 16.9 Å². The second-order valence-electron chi connectivity index (χ2n) is 3.72. The summed E-state index contributed by atoms with van der Waals surface area (Å²) >= 11 is 1.23. The molecule has 1 aliphatic rings. The Balaban J connectivity index is 2.09. The summed E-state index contributed by atoms with van der Waals surface area (Å²) in [6.45, 7) is 0. The summed E-state index contributed by atoms with van der Waals surface area (Å²) in [5, 5.41) is 16.7. The summed E-state index contributed by atoms with van der Waals surface area (Å²) in [5.41, 5.74) is 5.18. The second-order valence-corrected chi connectivity index (χ2v) is 4.78. The van der Waals surface area contributed by atoms with Crippen molar-refractivity contribution < 1.29 is 5.11 Å². The maximum absolute atomic E-state index is 9.59. The number of hydrogen-bond acceptors (Lipinski definition) is 3. The fourth-order valence-electron chi connectivity index (χ4n) is 1.88. The molecule has 1 aliphatic carbocycles. The Bertz CT molecular complexity index is 169. The van der Waals surface area contributed by atoms with Crippen LogP contribution in [-0.4, -0.2) is 22.1 Å². The predicted octanol–water partition coefficient (Wildman–Crippen LogP) is 1.55. The van der Waals surface area contributed by atoms with Crippen LogP contribution in [0.1, 0.15) is 32.1 Å². The maximum Gasteiger partial charge on any atom is 0.151 e. The van der Waals surface area contributed by atoms with E-state index >= 15 is 0 Å². The summed E-state index contributed by atoms with van der Waals surface area (Å²) < 4.78 is 0. The SMILES string of the molecule is N=C(N)SCC(O)CC1CCCC1. The number of amidine groups is 1. The normalized spacial score (nSPS) is 20.4. The zero-order valence-electron chi connectivity index (χ0n) is 7.83. The van der Waals surface area contributed by atoms with Crippen LogP contribution < -0.4 is 5.73 Å². The van der Waals surface area contributed by atoms with Gasteiger partial charge in [0.25, 0.3) is 0 Å². The Morgan fingerprint density at radius 1 is 1.54 bits per heavy atom. The third-order valence-electron chi connectivity index (χ3n) is 2.51. The molecule has 13 heavy (non-hydrogen) atoms. The molecule has 1 rings (SSSR count). The van der Waals surface area contributed by atoms with Crippen molar-refractivity contribution in [1.82, 2.24) is 0 Å². The maximum atomic E-state index is 9.59. The molecule has 0 aromatic carbocycles. The van der Waals surface area contributed by atoms with Gasteiger partial charge in [-0.25, -0.2) is 0 Å². The van der Waals surface area contributed by atoms with Crippen molar-refractivity contribution in [3.05, 3.63) is 0 Å². The van der Waals surface area contributed by atoms with Crippen molar-refractivity contribution in [3.63, 3.8) is 0 Å². The van der Waals surface area contributed by atoms with Gasteiger partial charge >= 0.3 is 0 Å². The molecule has 1 saturated carbocycles. The van der Waals surface area contributed by atoms with E-state index in [-0.39, 0.29) is 11.3 Å². The Morgan fingerprint density at radius 2 is 2.15 bits per heavy atom. The lowest BCUT2D eigenvalue weighted by Gasteiger charge is -2.14. The zero-order chi connectivity index (χ0) is 9.68. The summed E-state index contributed by atoms with van der Waals surface area (Å²) in [5.74, 6) is 1.29. The van der Waals surface area contributed by atoms with E-state index in [4.69, 9.17) is 11.1 Å². The topological polar surface area (TPSA) is 70.1 Å². The number of hydrogen-bond donors (Lipinski definition) is 3. The minimum absolute atomic E-state index is 0.102. The van der Waals surface area contributed by atoms with Gasteiger partial charge in [-0.05, 0) is 12.3 Å². The summed E-state index contributed by atoms with van der Waals surface area (Å²) in [7, 11) is 0. The molecule has 0 amide bonds. The molecule has 76 valence electrons. The van der Waals surface area contributed by atoms with Crippen LogP contribution >= 0.6 is 11.8 Å². The van der Waals surface area contributed by atoms with Crippen molar-refractivity contribution in [1.29, 1.82) is 5.41 Å². The predicted molar refractivity (Wildman–Crippen MR) is 57.0 cm³/mol. The monoisotopic (exact) mass is 202 g/mol. The van der Waals surface area contributed by atoms with Crippen LogP contribution in [0, 0.1) is 11.3 Å². The van der Waals surface area contributed by atoms with Gasteiger partial charge in [0.15, 0.2) is 5.17 Å². The molecule has 1 fully saturated rings. The van der Waals surface area contributed by atoms with E-state index < -0.39 is 0 Å². The first-order valence-corrected chi connectivity index (χ1v) is 5.82. The van der Waals surface area contributed by atoms with E-state index in [1.54, 1.807) is 0 Å². The molecule has 0 bridgehead atoms. The number of aliphatic hydroxyl groups is 1. The minimum Gasteiger partial charge on any atom is -0.392 e. The third-order valence-corrected chi connectivity index (χ3v) is 3.37. The first-order valence-electron chi connectivity index (χ1n) is 4.83. The van der Waals surface area contributed by atoms with Crippen LogP contribution in [0.15, 0.2) is 0 Å². The second kappa shape index (κ2) is 5.50. The highest BCUT2D eigenvalue weighted by Gasteiger charge is 2.18. The average Bonchev–Trinajstić information content (AvgIpc) is 2.53. The van der Waals surface area contributed by atoms with Gasteiger partial charge in [0.05, 0.1) is 6.10 Å². The van der Waals surface area contributed by atoms with E-state index in [1.807, 2.05) is 0 Å². The van der Waals surface area contributed by atoms with Gasteiger partial charge in [-0.3, -0.25) is 5.41 Å². The highest BCUT2D eigenvalue weighted by atomic mass is 32.2. The number of nitrogens with one attached hydrogen (secondary N) is 1. The van der Waals surface area contributed by atoms with Crippen LogP contribution in [0.5, 0.6) is 0 Å². The van der Waals surface area contributed by atoms with Gasteiger partial charge in [0.1, 0.15) is 0 Å². The first-order chi connectivity index (χ1) is 6.18. The van der Waals surface area contributed by atoms with Gasteiger partial charge in [-0.15, -0.1) is 0 Å². The highest BCUT2D eigenvalue weighted by molar-refractivity contribution is 8.13. The van der Waals surface area contributed by atoms with Crippen molar-refractivity contribution in [3.8, 4) is 0 Å². The molecule has 0 spiro atoms. The standard InChI is InChI=1S/C9H18N2OS/c10-9(11)13-6-8(12)5-7-3-1-2-4-7/h7-8,12H,1-6H2,(H3,10,11). The molecule has 3 nitrogen and oxygen atoms in total. The molecule has 0 radical (unpaired) electrons. The van der Waals surface area contributed by atoms with Gasteiger partial charge in [-0.1, -0.05) is 37.4 Å². The van der Waals surface area contributed by atoms with Crippen molar-refractivity contribution in [2.75, 3.05) is 5.75 Å². The summed E-state index contributed by atoms with van der Waals surface area (Å²) in [4.78, 5) is 0. The van der Waals surface area contributed by atoms with Gasteiger partial charge in [-0.2, -0.15) is 0 Å². The summed E-state index contributed by atoms with van der Waals surface area (Å²) in [6.07, 6.45) is 5.77. The molecule has 1 atom stereocenters. The van der Waals surface area contributed by atoms with E-state index in [9.17, 15) is 5.11 Å². The Labute approximate surface area is 83.6 Å². The van der Waals surface area contributed by atoms with E-state index in [0.29, 0.717) is 11.7 Å². The molecule has 0 heterocycles. The van der Waals surface area contributed by atoms with Crippen LogP contribution in [0.25, 0.3) is 0 Å². The minimum atomic E-state index is -0.281. The van der Waals surface area contributed by atoms with E-state index in [2.05, 4.69) is 0 Å². The van der Waals surface area contributed by atoms with Crippen LogP contribution in [0.4, 0.5) is 0 Å². The fraction of sp³-hybridized carbons (Fsp3) is 0.889. The fourth-order valence-corrected chi connectivity index (χ4v) is 2.39. The Hall–Kier alpha value is -0.220. The van der Waals surface area contributed by atoms with Gasteiger partial charge < -0.3 is 10.8 Å². The molecule has 0 saturated heterocycles. The summed E-state index contributed by atoms with van der Waals surface area (Å²) in [6, 6.07) is 0. The van der Waals surface area contributed by atoms with E-state index in [0.717, 1.165) is 6.42 Å². The number of aliphatic hydroxyl groups excluding tert-OH is 1. The lowest BCUT2D eigenvalue weighted by Crippen LogP contribution is -2.17. The van der Waals surface area contributed by atoms with E-state index in [1.165, 1.54) is 37.4 Å². The largest absolute Gasteiger partial charge is 0.392 e. The van der Waals surface area contributed by atoms with Crippen LogP contribution in [0.2, 0.25) is 0 Å². The Kier molecular flexibility index (Phi) is 4.59. The molecular formula is C9H18N2OS. The first kappa shape index (κ1) is 10.9. The van der Waals surface area contributed by atoms with Crippen LogP contribution in [0.3, 0.4) is 0 Å².